The van der Waals surface area contributed by atoms with Crippen molar-refractivity contribution in [3.8, 4) is 0 Å². The molecule has 0 aromatic rings. The van der Waals surface area contributed by atoms with Gasteiger partial charge in [0.15, 0.2) is 0 Å². The third-order valence-corrected chi connectivity index (χ3v) is 3.32. The molecule has 6 nitrogen and oxygen atoms in total. The Morgan fingerprint density at radius 1 is 1.53 bits per heavy atom. The van der Waals surface area contributed by atoms with Gasteiger partial charge in [0.2, 0.25) is 0 Å². The molecule has 2 aliphatic rings. The predicted octanol–water partition coefficient (Wildman–Crippen LogP) is 0.740. The van der Waals surface area contributed by atoms with Crippen LogP contribution < -0.4 is 5.73 Å². The maximum absolute atomic E-state index is 12.0. The van der Waals surface area contributed by atoms with E-state index in [0.717, 1.165) is 6.42 Å². The summed E-state index contributed by atoms with van der Waals surface area (Å²) in [5.74, 6) is 0. The van der Waals surface area contributed by atoms with Crippen LogP contribution in [0.15, 0.2) is 0 Å². The molecule has 0 bridgehead atoms. The predicted molar refractivity (Wildman–Crippen MR) is 69.9 cm³/mol. The summed E-state index contributed by atoms with van der Waals surface area (Å²) in [5.41, 5.74) is 4.74. The van der Waals surface area contributed by atoms with Gasteiger partial charge < -0.3 is 24.8 Å². The summed E-state index contributed by atoms with van der Waals surface area (Å²) in [6, 6.07) is 0. The first-order valence-corrected chi connectivity index (χ1v) is 6.77. The van der Waals surface area contributed by atoms with E-state index < -0.39 is 11.2 Å². The number of amides is 1. The van der Waals surface area contributed by atoms with E-state index in [9.17, 15) is 4.79 Å². The van der Waals surface area contributed by atoms with Crippen LogP contribution in [0.4, 0.5) is 4.79 Å². The van der Waals surface area contributed by atoms with Gasteiger partial charge in [0.05, 0.1) is 25.9 Å². The van der Waals surface area contributed by atoms with Crippen LogP contribution in [-0.4, -0.2) is 61.1 Å². The molecule has 2 saturated heterocycles. The van der Waals surface area contributed by atoms with Gasteiger partial charge in [-0.1, -0.05) is 0 Å². The van der Waals surface area contributed by atoms with Crippen LogP contribution >= 0.6 is 0 Å². The van der Waals surface area contributed by atoms with Crippen molar-refractivity contribution in [2.24, 2.45) is 5.73 Å². The molecule has 6 heteroatoms. The molecule has 2 fully saturated rings. The average Bonchev–Trinajstić information content (AvgIpc) is 2.71. The molecule has 2 rings (SSSR count). The molecule has 0 radical (unpaired) electrons. The summed E-state index contributed by atoms with van der Waals surface area (Å²) in [5, 5.41) is 0. The Kier molecular flexibility index (Phi) is 4.03. The van der Waals surface area contributed by atoms with Gasteiger partial charge in [0, 0.05) is 13.1 Å². The van der Waals surface area contributed by atoms with E-state index >= 15 is 0 Å². The zero-order valence-corrected chi connectivity index (χ0v) is 12.0. The summed E-state index contributed by atoms with van der Waals surface area (Å²) < 4.78 is 16.9. The lowest BCUT2D eigenvalue weighted by Crippen LogP contribution is -2.52. The van der Waals surface area contributed by atoms with Crippen LogP contribution in [0.3, 0.4) is 0 Å². The van der Waals surface area contributed by atoms with E-state index in [-0.39, 0.29) is 12.2 Å². The molecule has 0 aliphatic carbocycles. The van der Waals surface area contributed by atoms with Gasteiger partial charge in [0.25, 0.3) is 0 Å². The Hall–Kier alpha value is -0.850. The lowest BCUT2D eigenvalue weighted by Gasteiger charge is -2.38. The first-order chi connectivity index (χ1) is 8.84. The fourth-order valence-electron chi connectivity index (χ4n) is 2.46. The molecule has 2 heterocycles. The van der Waals surface area contributed by atoms with Crippen molar-refractivity contribution in [2.45, 2.75) is 44.5 Å². The second-order valence-electron chi connectivity index (χ2n) is 6.33. The molecule has 19 heavy (non-hydrogen) atoms. The van der Waals surface area contributed by atoms with Crippen LogP contribution in [0.25, 0.3) is 0 Å². The molecule has 2 N–H and O–H groups in total. The number of rotatable bonds is 1. The van der Waals surface area contributed by atoms with Crippen molar-refractivity contribution >= 4 is 6.09 Å². The molecule has 2 aliphatic heterocycles. The number of carbonyl (C=O) groups is 1. The van der Waals surface area contributed by atoms with Crippen molar-refractivity contribution in [1.29, 1.82) is 0 Å². The van der Waals surface area contributed by atoms with Crippen LogP contribution in [0.5, 0.6) is 0 Å². The van der Waals surface area contributed by atoms with Gasteiger partial charge >= 0.3 is 6.09 Å². The first-order valence-electron chi connectivity index (χ1n) is 6.77. The molecule has 2 unspecified atom stereocenters. The topological polar surface area (TPSA) is 74.0 Å². The summed E-state index contributed by atoms with van der Waals surface area (Å²) in [7, 11) is 0. The minimum Gasteiger partial charge on any atom is -0.444 e. The van der Waals surface area contributed by atoms with Gasteiger partial charge in [-0.3, -0.25) is 0 Å². The monoisotopic (exact) mass is 272 g/mol. The highest BCUT2D eigenvalue weighted by Crippen LogP contribution is 2.31. The van der Waals surface area contributed by atoms with Crippen LogP contribution in [0.2, 0.25) is 0 Å². The van der Waals surface area contributed by atoms with Gasteiger partial charge in [0.1, 0.15) is 11.2 Å². The van der Waals surface area contributed by atoms with E-state index in [0.29, 0.717) is 32.8 Å². The summed E-state index contributed by atoms with van der Waals surface area (Å²) >= 11 is 0. The minimum atomic E-state index is -0.476. The average molecular weight is 272 g/mol. The molecule has 110 valence electrons. The van der Waals surface area contributed by atoms with E-state index in [1.165, 1.54) is 0 Å². The van der Waals surface area contributed by atoms with Crippen molar-refractivity contribution in [3.05, 3.63) is 0 Å². The number of ether oxygens (including phenoxy) is 3. The van der Waals surface area contributed by atoms with Crippen molar-refractivity contribution in [1.82, 2.24) is 4.90 Å². The molecule has 0 saturated carbocycles. The van der Waals surface area contributed by atoms with Gasteiger partial charge in [-0.15, -0.1) is 0 Å². The van der Waals surface area contributed by atoms with Crippen molar-refractivity contribution < 1.29 is 19.0 Å². The SMILES string of the molecule is CC(C)(C)OC(=O)N1CCC2(COCC(CN)O2)C1. The van der Waals surface area contributed by atoms with Crippen LogP contribution in [-0.2, 0) is 14.2 Å². The number of hydrogen-bond donors (Lipinski definition) is 1. The Morgan fingerprint density at radius 2 is 2.26 bits per heavy atom. The largest absolute Gasteiger partial charge is 0.444 e. The highest BCUT2D eigenvalue weighted by atomic mass is 16.6. The standard InChI is InChI=1S/C13H24N2O4/c1-12(2,3)19-11(16)15-5-4-13(8-15)9-17-7-10(6-14)18-13/h10H,4-9,14H2,1-3H3. The molecule has 1 spiro atoms. The molecular formula is C13H24N2O4. The van der Waals surface area contributed by atoms with Gasteiger partial charge in [-0.2, -0.15) is 0 Å². The quantitative estimate of drug-likeness (QED) is 0.762. The normalized spacial score (nSPS) is 31.8. The van der Waals surface area contributed by atoms with Crippen LogP contribution in [0, 0.1) is 0 Å². The number of carbonyl (C=O) groups excluding carboxylic acids is 1. The highest BCUT2D eigenvalue weighted by Gasteiger charge is 2.45. The molecule has 0 aromatic heterocycles. The molecule has 1 amide bonds. The fraction of sp³-hybridized carbons (Fsp3) is 0.923. The smallest absolute Gasteiger partial charge is 0.410 e. The van der Waals surface area contributed by atoms with E-state index in [2.05, 4.69) is 0 Å². The molecule has 2 atom stereocenters. The minimum absolute atomic E-state index is 0.0765. The summed E-state index contributed by atoms with van der Waals surface area (Å²) in [6.45, 7) is 8.22. The van der Waals surface area contributed by atoms with Crippen LogP contribution in [0.1, 0.15) is 27.2 Å². The lowest BCUT2D eigenvalue weighted by atomic mass is 10.0. The first kappa shape index (κ1) is 14.6. The third kappa shape index (κ3) is 3.58. The second-order valence-corrected chi connectivity index (χ2v) is 6.33. The summed E-state index contributed by atoms with van der Waals surface area (Å²) in [6.07, 6.45) is 0.401. The van der Waals surface area contributed by atoms with E-state index in [4.69, 9.17) is 19.9 Å². The molecule has 0 aromatic carbocycles. The van der Waals surface area contributed by atoms with E-state index in [1.54, 1.807) is 4.90 Å². The zero-order valence-electron chi connectivity index (χ0n) is 12.0. The zero-order chi connectivity index (χ0) is 14.1. The second kappa shape index (κ2) is 5.26. The van der Waals surface area contributed by atoms with Crippen molar-refractivity contribution in [2.75, 3.05) is 32.8 Å². The number of likely N-dealkylation sites (tertiary alicyclic amines) is 1. The Morgan fingerprint density at radius 3 is 2.89 bits per heavy atom. The maximum Gasteiger partial charge on any atom is 0.410 e. The fourth-order valence-corrected chi connectivity index (χ4v) is 2.46. The van der Waals surface area contributed by atoms with Gasteiger partial charge in [-0.25, -0.2) is 4.79 Å². The van der Waals surface area contributed by atoms with Crippen molar-refractivity contribution in [3.63, 3.8) is 0 Å². The lowest BCUT2D eigenvalue weighted by molar-refractivity contribution is -0.188. The number of hydrogen-bond acceptors (Lipinski definition) is 5. The Labute approximate surface area is 114 Å². The number of nitrogens with two attached hydrogens (primary N) is 1. The highest BCUT2D eigenvalue weighted by molar-refractivity contribution is 5.68. The summed E-state index contributed by atoms with van der Waals surface area (Å²) in [4.78, 5) is 13.7. The third-order valence-electron chi connectivity index (χ3n) is 3.32. The Bertz CT molecular complexity index is 342. The van der Waals surface area contributed by atoms with Gasteiger partial charge in [-0.05, 0) is 27.2 Å². The maximum atomic E-state index is 12.0. The molecular weight excluding hydrogens is 248 g/mol. The van der Waals surface area contributed by atoms with E-state index in [1.807, 2.05) is 20.8 Å². The number of nitrogens with zero attached hydrogens (tertiary/aromatic N) is 1. The Balaban J connectivity index is 1.93.